The van der Waals surface area contributed by atoms with Gasteiger partial charge in [0.25, 0.3) is 0 Å². The van der Waals surface area contributed by atoms with E-state index in [-0.39, 0.29) is 0 Å². The Hall–Kier alpha value is -1.65. The van der Waals surface area contributed by atoms with E-state index in [0.717, 1.165) is 16.8 Å². The zero-order valence-electron chi connectivity index (χ0n) is 13.5. The maximum absolute atomic E-state index is 12.8. The van der Waals surface area contributed by atoms with Crippen molar-refractivity contribution in [3.8, 4) is 0 Å². The highest BCUT2D eigenvalue weighted by Gasteiger charge is 2.23. The van der Waals surface area contributed by atoms with Gasteiger partial charge >= 0.3 is 0 Å². The molecule has 23 heavy (non-hydrogen) atoms. The van der Waals surface area contributed by atoms with Crippen molar-refractivity contribution >= 4 is 27.5 Å². The molecular formula is C18H20ClNO2S. The van der Waals surface area contributed by atoms with E-state index in [4.69, 9.17) is 11.6 Å². The molecule has 0 saturated heterocycles. The fraction of sp³-hybridized carbons (Fsp3) is 0.278. The van der Waals surface area contributed by atoms with E-state index >= 15 is 0 Å². The summed E-state index contributed by atoms with van der Waals surface area (Å²) >= 11 is 6.16. The second-order valence-corrected chi connectivity index (χ2v) is 8.03. The Balaban J connectivity index is 2.36. The van der Waals surface area contributed by atoms with Gasteiger partial charge in [0.15, 0.2) is 9.84 Å². The van der Waals surface area contributed by atoms with E-state index in [1.807, 2.05) is 32.9 Å². The molecular weight excluding hydrogens is 330 g/mol. The van der Waals surface area contributed by atoms with Gasteiger partial charge in [0.1, 0.15) is 0 Å². The number of pyridine rings is 1. The molecule has 3 nitrogen and oxygen atoms in total. The highest BCUT2D eigenvalue weighted by molar-refractivity contribution is 7.92. The van der Waals surface area contributed by atoms with Crippen LogP contribution in [0, 0.1) is 13.8 Å². The predicted molar refractivity (Wildman–Crippen MR) is 95.5 cm³/mol. The Kier molecular flexibility index (Phi) is 5.60. The molecule has 0 spiro atoms. The summed E-state index contributed by atoms with van der Waals surface area (Å²) in [5.41, 5.74) is 2.56. The van der Waals surface area contributed by atoms with E-state index in [1.165, 1.54) is 0 Å². The van der Waals surface area contributed by atoms with Gasteiger partial charge in [-0.1, -0.05) is 48.4 Å². The van der Waals surface area contributed by atoms with Gasteiger partial charge in [-0.2, -0.15) is 0 Å². The largest absolute Gasteiger partial charge is 0.261 e. The molecule has 0 amide bonds. The van der Waals surface area contributed by atoms with Crippen molar-refractivity contribution in [2.45, 2.75) is 37.3 Å². The maximum atomic E-state index is 12.8. The van der Waals surface area contributed by atoms with Crippen molar-refractivity contribution in [2.24, 2.45) is 0 Å². The number of aromatic nitrogens is 1. The quantitative estimate of drug-likeness (QED) is 0.791. The SMILES string of the molecule is CCC(/C=C\c1c(Cl)ccnc1C)S(=O)(=O)c1ccc(C)cc1. The van der Waals surface area contributed by atoms with Crippen molar-refractivity contribution in [1.29, 1.82) is 0 Å². The van der Waals surface area contributed by atoms with E-state index in [9.17, 15) is 8.42 Å². The Morgan fingerprint density at radius 1 is 1.17 bits per heavy atom. The van der Waals surface area contributed by atoms with Crippen LogP contribution in [0.4, 0.5) is 0 Å². The molecule has 1 heterocycles. The van der Waals surface area contributed by atoms with Gasteiger partial charge in [-0.15, -0.1) is 0 Å². The first-order chi connectivity index (χ1) is 10.9. The van der Waals surface area contributed by atoms with Crippen LogP contribution in [-0.2, 0) is 9.84 Å². The van der Waals surface area contributed by atoms with Gasteiger partial charge in [0.05, 0.1) is 15.2 Å². The Bertz CT molecular complexity index is 791. The standard InChI is InChI=1S/C18H20ClNO2S/c1-4-15(9-10-17-14(3)20-12-11-18(17)19)23(21,22)16-7-5-13(2)6-8-16/h5-12,15H,4H2,1-3H3/b10-9-. The first-order valence-corrected chi connectivity index (χ1v) is 9.38. The van der Waals surface area contributed by atoms with Crippen molar-refractivity contribution in [3.63, 3.8) is 0 Å². The van der Waals surface area contributed by atoms with Crippen molar-refractivity contribution in [1.82, 2.24) is 4.98 Å². The fourth-order valence-electron chi connectivity index (χ4n) is 2.31. The third-order valence-corrected chi connectivity index (χ3v) is 6.31. The Labute approximate surface area is 143 Å². The van der Waals surface area contributed by atoms with Crippen LogP contribution in [0.2, 0.25) is 5.02 Å². The third kappa shape index (κ3) is 4.01. The Morgan fingerprint density at radius 3 is 2.39 bits per heavy atom. The number of hydrogen-bond acceptors (Lipinski definition) is 3. The number of nitrogens with zero attached hydrogens (tertiary/aromatic N) is 1. The summed E-state index contributed by atoms with van der Waals surface area (Å²) in [4.78, 5) is 4.53. The molecule has 0 aliphatic rings. The molecule has 1 unspecified atom stereocenters. The van der Waals surface area contributed by atoms with E-state index in [2.05, 4.69) is 4.98 Å². The van der Waals surface area contributed by atoms with Crippen LogP contribution in [0.15, 0.2) is 47.5 Å². The number of halogens is 1. The van der Waals surface area contributed by atoms with Crippen LogP contribution in [0.1, 0.15) is 30.2 Å². The summed E-state index contributed by atoms with van der Waals surface area (Å²) < 4.78 is 25.5. The lowest BCUT2D eigenvalue weighted by Gasteiger charge is -2.13. The normalized spacial score (nSPS) is 13.4. The van der Waals surface area contributed by atoms with Gasteiger partial charge in [-0.3, -0.25) is 4.98 Å². The average Bonchev–Trinajstić information content (AvgIpc) is 2.50. The lowest BCUT2D eigenvalue weighted by Crippen LogP contribution is -2.18. The van der Waals surface area contributed by atoms with Gasteiger partial charge in [0, 0.05) is 17.5 Å². The molecule has 0 N–H and O–H groups in total. The minimum atomic E-state index is -3.41. The first-order valence-electron chi connectivity index (χ1n) is 7.46. The topological polar surface area (TPSA) is 47.0 Å². The lowest BCUT2D eigenvalue weighted by molar-refractivity contribution is 0.586. The molecule has 0 aliphatic carbocycles. The van der Waals surface area contributed by atoms with Gasteiger partial charge in [-0.05, 0) is 38.5 Å². The minimum absolute atomic E-state index is 0.341. The third-order valence-electron chi connectivity index (χ3n) is 3.76. The smallest absolute Gasteiger partial charge is 0.184 e. The summed E-state index contributed by atoms with van der Waals surface area (Å²) in [5, 5.41) is -0.0304. The molecule has 122 valence electrons. The average molecular weight is 350 g/mol. The number of rotatable bonds is 5. The minimum Gasteiger partial charge on any atom is -0.261 e. The van der Waals surface area contributed by atoms with Crippen LogP contribution in [0.3, 0.4) is 0 Å². The van der Waals surface area contributed by atoms with Gasteiger partial charge in [-0.25, -0.2) is 8.42 Å². The summed E-state index contributed by atoms with van der Waals surface area (Å²) in [6.45, 7) is 5.64. The maximum Gasteiger partial charge on any atom is 0.184 e. The van der Waals surface area contributed by atoms with Gasteiger partial charge < -0.3 is 0 Å². The number of hydrogen-bond donors (Lipinski definition) is 0. The molecule has 0 saturated carbocycles. The molecule has 0 bridgehead atoms. The second kappa shape index (κ2) is 7.28. The lowest BCUT2D eigenvalue weighted by atomic mass is 10.1. The van der Waals surface area contributed by atoms with Crippen LogP contribution in [0.25, 0.3) is 6.08 Å². The van der Waals surface area contributed by atoms with Crippen molar-refractivity contribution < 1.29 is 8.42 Å². The Morgan fingerprint density at radius 2 is 1.83 bits per heavy atom. The zero-order chi connectivity index (χ0) is 17.0. The highest BCUT2D eigenvalue weighted by Crippen LogP contribution is 2.23. The number of sulfone groups is 1. The van der Waals surface area contributed by atoms with Crippen LogP contribution >= 0.6 is 11.6 Å². The molecule has 0 fully saturated rings. The molecule has 1 atom stereocenters. The molecule has 1 aromatic heterocycles. The van der Waals surface area contributed by atoms with E-state index in [0.29, 0.717) is 16.3 Å². The van der Waals surface area contributed by atoms with Crippen molar-refractivity contribution in [3.05, 3.63) is 64.4 Å². The molecule has 2 rings (SSSR count). The highest BCUT2D eigenvalue weighted by atomic mass is 35.5. The molecule has 5 heteroatoms. The zero-order valence-corrected chi connectivity index (χ0v) is 15.0. The summed E-state index contributed by atoms with van der Waals surface area (Å²) in [6, 6.07) is 8.63. The monoisotopic (exact) mass is 349 g/mol. The van der Waals surface area contributed by atoms with Crippen molar-refractivity contribution in [2.75, 3.05) is 0 Å². The number of benzene rings is 1. The van der Waals surface area contributed by atoms with Crippen LogP contribution in [0.5, 0.6) is 0 Å². The predicted octanol–water partition coefficient (Wildman–Crippen LogP) is 4.62. The molecule has 1 aromatic carbocycles. The molecule has 2 aromatic rings. The number of aryl methyl sites for hydroxylation is 2. The summed E-state index contributed by atoms with van der Waals surface area (Å²) in [7, 11) is -3.41. The second-order valence-electron chi connectivity index (χ2n) is 5.46. The van der Waals surface area contributed by atoms with Crippen LogP contribution < -0.4 is 0 Å². The first kappa shape index (κ1) is 17.7. The van der Waals surface area contributed by atoms with Gasteiger partial charge in [0.2, 0.25) is 0 Å². The molecule has 0 aliphatic heterocycles. The fourth-order valence-corrected chi connectivity index (χ4v) is 4.16. The van der Waals surface area contributed by atoms with E-state index < -0.39 is 15.1 Å². The summed E-state index contributed by atoms with van der Waals surface area (Å²) in [5.74, 6) is 0. The summed E-state index contributed by atoms with van der Waals surface area (Å²) in [6.07, 6.45) is 5.58. The van der Waals surface area contributed by atoms with Crippen LogP contribution in [-0.4, -0.2) is 18.7 Å². The molecule has 0 radical (unpaired) electrons. The van der Waals surface area contributed by atoms with E-state index in [1.54, 1.807) is 36.5 Å².